The normalized spacial score (nSPS) is 24.5. The number of benzene rings is 1. The summed E-state index contributed by atoms with van der Waals surface area (Å²) in [5.41, 5.74) is 9.36. The van der Waals surface area contributed by atoms with Gasteiger partial charge in [-0.3, -0.25) is 0 Å². The Hall–Kier alpha value is -2.77. The smallest absolute Gasteiger partial charge is 0.189 e. The third-order valence-electron chi connectivity index (χ3n) is 11.9. The van der Waals surface area contributed by atoms with Gasteiger partial charge in [0.1, 0.15) is 12.2 Å². The van der Waals surface area contributed by atoms with Gasteiger partial charge in [-0.25, -0.2) is 0 Å². The first-order chi connectivity index (χ1) is 26.2. The lowest BCUT2D eigenvalue weighted by Gasteiger charge is -2.32. The number of unbranched alkanes of at least 4 members (excludes halogenated alkanes) is 3. The molecule has 11 heteroatoms. The van der Waals surface area contributed by atoms with Crippen LogP contribution < -0.4 is 21.1 Å². The van der Waals surface area contributed by atoms with Gasteiger partial charge in [0.25, 0.3) is 0 Å². The molecule has 0 amide bonds. The molecule has 2 aliphatic heterocycles. The van der Waals surface area contributed by atoms with Crippen molar-refractivity contribution in [3.05, 3.63) is 59.2 Å². The number of ether oxygens (including phenoxy) is 2. The molecule has 2 heterocycles. The fraction of sp³-hybridized carbons (Fsp3) is 0.698. The van der Waals surface area contributed by atoms with E-state index < -0.39 is 12.2 Å². The van der Waals surface area contributed by atoms with Gasteiger partial charge in [-0.1, -0.05) is 56.8 Å². The molecule has 4 aliphatic rings. The number of aryl methyl sites for hydroxylation is 1. The van der Waals surface area contributed by atoms with E-state index in [0.717, 1.165) is 93.7 Å². The number of likely N-dealkylation sites (N-methyl/N-ethyl adjacent to an activating group) is 1. The topological polar surface area (TPSA) is 182 Å². The van der Waals surface area contributed by atoms with E-state index in [4.69, 9.17) is 25.3 Å². The van der Waals surface area contributed by atoms with Crippen molar-refractivity contribution in [3.63, 3.8) is 0 Å². The lowest BCUT2D eigenvalue weighted by atomic mass is 9.75. The van der Waals surface area contributed by atoms with Crippen molar-refractivity contribution in [3.8, 4) is 11.5 Å². The number of aromatic hydroxyl groups is 1. The van der Waals surface area contributed by atoms with Gasteiger partial charge in [0.15, 0.2) is 29.4 Å². The van der Waals surface area contributed by atoms with Crippen LogP contribution in [0.4, 0.5) is 0 Å². The zero-order valence-electron chi connectivity index (χ0n) is 32.7. The van der Waals surface area contributed by atoms with Crippen LogP contribution in [0.5, 0.6) is 11.5 Å². The number of hydrogen-bond donors (Lipinski definition) is 8. The van der Waals surface area contributed by atoms with Crippen LogP contribution >= 0.6 is 0 Å². The van der Waals surface area contributed by atoms with Crippen LogP contribution in [0.25, 0.3) is 0 Å². The highest BCUT2D eigenvalue weighted by atomic mass is 16.5. The quantitative estimate of drug-likeness (QED) is 0.0547. The van der Waals surface area contributed by atoms with E-state index in [2.05, 4.69) is 16.7 Å². The lowest BCUT2D eigenvalue weighted by molar-refractivity contribution is 0.120. The summed E-state index contributed by atoms with van der Waals surface area (Å²) in [5.74, 6) is 3.54. The fourth-order valence-corrected chi connectivity index (χ4v) is 9.04. The maximum atomic E-state index is 11.3. The monoisotopic (exact) mass is 753 g/mol. The molecule has 9 N–H and O–H groups in total. The number of nitrogens with one attached hydrogen (secondary N) is 2. The Balaban J connectivity index is 1.12. The van der Waals surface area contributed by atoms with Crippen molar-refractivity contribution in [1.29, 1.82) is 0 Å². The van der Waals surface area contributed by atoms with Crippen LogP contribution in [0.2, 0.25) is 0 Å². The summed E-state index contributed by atoms with van der Waals surface area (Å²) in [6, 6.07) is 6.22. The lowest BCUT2D eigenvalue weighted by Crippen LogP contribution is -2.49. The standard InChI is InChI=1S/C43H68N4O7/c1-28(50)24-46-38(25-45-2)43-34-12-7-9-30(34)16-18-36-35(43)23-37(47-36)40(52)27-53-42-21-29(15-19-39(42)51)14-17-33-22-31(26-49)41(54-33)13-6-4-3-5-10-32(44)11-8-20-48/h15,19,21-23,28,30,32,34,38,40-41,43,45-46,48-52H,3-14,16-18,20,24-27,44H2,1-2H3/t28-,30+,32-,34-,38-,40-,41?,43-/m0/s1. The minimum Gasteiger partial charge on any atom is -0.592 e. The van der Waals surface area contributed by atoms with Crippen LogP contribution in [-0.2, 0) is 11.2 Å². The van der Waals surface area contributed by atoms with Gasteiger partial charge >= 0.3 is 0 Å². The third-order valence-corrected chi connectivity index (χ3v) is 11.9. The molecule has 54 heavy (non-hydrogen) atoms. The number of nitrogens with two attached hydrogens (primary N) is 1. The molecule has 0 bridgehead atoms. The van der Waals surface area contributed by atoms with E-state index in [9.17, 15) is 20.4 Å². The predicted molar refractivity (Wildman–Crippen MR) is 213 cm³/mol. The molecule has 0 aromatic heterocycles. The number of nitrogens with zero attached hydrogens (tertiary/aromatic N) is 1. The van der Waals surface area contributed by atoms with E-state index in [1.807, 2.05) is 32.2 Å². The SMILES string of the molecule is CNC[C@H](NC[C@H](C)O)[C@@H]1C2=C[C+]([C@@H](O)COc3cc(CCC4=C[C-](CO)C(CCCCCC[C@H](N)CCCO)O4)ccc3O)N=C2CC[C@H]2CCC[C@@H]21. The van der Waals surface area contributed by atoms with Gasteiger partial charge in [-0.2, -0.15) is 12.0 Å². The molecule has 0 spiro atoms. The summed E-state index contributed by atoms with van der Waals surface area (Å²) in [5, 5.41) is 58.0. The molecule has 302 valence electrons. The summed E-state index contributed by atoms with van der Waals surface area (Å²) in [4.78, 5) is 4.98. The first kappa shape index (κ1) is 42.4. The fourth-order valence-electron chi connectivity index (χ4n) is 9.04. The van der Waals surface area contributed by atoms with Crippen LogP contribution in [0.15, 0.2) is 46.7 Å². The molecule has 1 aromatic carbocycles. The molecular formula is C43H68N4O7. The van der Waals surface area contributed by atoms with Crippen LogP contribution in [0.1, 0.15) is 102 Å². The Morgan fingerprint density at radius 2 is 1.87 bits per heavy atom. The van der Waals surface area contributed by atoms with E-state index in [-0.39, 0.29) is 49.7 Å². The number of hydrogen-bond acceptors (Lipinski definition) is 11. The maximum absolute atomic E-state index is 11.3. The van der Waals surface area contributed by atoms with Gasteiger partial charge in [0.05, 0.1) is 18.1 Å². The van der Waals surface area contributed by atoms with Crippen molar-refractivity contribution in [2.45, 2.75) is 134 Å². The first-order valence-corrected chi connectivity index (χ1v) is 20.8. The Kier molecular flexibility index (Phi) is 16.9. The molecule has 0 saturated heterocycles. The summed E-state index contributed by atoms with van der Waals surface area (Å²) < 4.78 is 12.3. The van der Waals surface area contributed by atoms with Crippen molar-refractivity contribution in [1.82, 2.24) is 10.6 Å². The second-order valence-corrected chi connectivity index (χ2v) is 16.1. The average molecular weight is 753 g/mol. The van der Waals surface area contributed by atoms with E-state index >= 15 is 0 Å². The number of phenols is 1. The summed E-state index contributed by atoms with van der Waals surface area (Å²) in [6.07, 6.45) is 17.4. The number of rotatable bonds is 24. The van der Waals surface area contributed by atoms with Gasteiger partial charge in [0.2, 0.25) is 0 Å². The predicted octanol–water partition coefficient (Wildman–Crippen LogP) is 4.65. The summed E-state index contributed by atoms with van der Waals surface area (Å²) >= 11 is 0. The minimum atomic E-state index is -0.955. The number of phenolic OH excluding ortho intramolecular Hbond substituents is 1. The molecule has 11 nitrogen and oxygen atoms in total. The highest BCUT2D eigenvalue weighted by Gasteiger charge is 2.50. The number of aliphatic imine (C=N–C) groups is 1. The number of aliphatic hydroxyl groups is 4. The Morgan fingerprint density at radius 3 is 2.65 bits per heavy atom. The van der Waals surface area contributed by atoms with E-state index in [1.54, 1.807) is 6.07 Å². The van der Waals surface area contributed by atoms with Crippen molar-refractivity contribution >= 4 is 5.71 Å². The number of allylic oxidation sites excluding steroid dienone is 1. The number of fused-ring (bicyclic) bond motifs is 2. The minimum absolute atomic E-state index is 0.0167. The summed E-state index contributed by atoms with van der Waals surface area (Å²) in [7, 11) is 1.97. The van der Waals surface area contributed by atoms with E-state index in [0.29, 0.717) is 43.0 Å². The van der Waals surface area contributed by atoms with E-state index in [1.165, 1.54) is 24.8 Å². The Morgan fingerprint density at radius 1 is 1.06 bits per heavy atom. The third kappa shape index (κ3) is 11.9. The second-order valence-electron chi connectivity index (χ2n) is 16.1. The molecule has 5 rings (SSSR count). The second kappa shape index (κ2) is 21.5. The molecule has 2 saturated carbocycles. The first-order valence-electron chi connectivity index (χ1n) is 20.8. The van der Waals surface area contributed by atoms with Gasteiger partial charge in [0, 0.05) is 50.9 Å². The Labute approximate surface area is 323 Å². The van der Waals surface area contributed by atoms with Crippen molar-refractivity contribution in [2.24, 2.45) is 28.5 Å². The maximum Gasteiger partial charge on any atom is 0.189 e. The molecule has 1 aromatic rings. The average Bonchev–Trinajstić information content (AvgIpc) is 3.89. The highest BCUT2D eigenvalue weighted by molar-refractivity contribution is 6.04. The van der Waals surface area contributed by atoms with Gasteiger partial charge in [-0.15, -0.1) is 4.99 Å². The van der Waals surface area contributed by atoms with Crippen molar-refractivity contribution in [2.75, 3.05) is 40.0 Å². The zero-order chi connectivity index (χ0) is 38.5. The summed E-state index contributed by atoms with van der Waals surface area (Å²) in [6.45, 7) is 3.25. The molecule has 1 unspecified atom stereocenters. The highest BCUT2D eigenvalue weighted by Crippen LogP contribution is 2.49. The van der Waals surface area contributed by atoms with Gasteiger partial charge < -0.3 is 51.4 Å². The molecule has 2 fully saturated rings. The van der Waals surface area contributed by atoms with Crippen LogP contribution in [0, 0.1) is 29.7 Å². The van der Waals surface area contributed by atoms with Crippen molar-refractivity contribution < 1.29 is 35.0 Å². The molecule has 2 aliphatic carbocycles. The molecule has 0 radical (unpaired) electrons. The number of aliphatic hydroxyl groups excluding tert-OH is 4. The molecular weight excluding hydrogens is 684 g/mol. The van der Waals surface area contributed by atoms with Gasteiger partial charge in [-0.05, 0) is 88.4 Å². The molecule has 8 atom stereocenters. The largest absolute Gasteiger partial charge is 0.592 e. The van der Waals surface area contributed by atoms with Crippen LogP contribution in [0.3, 0.4) is 0 Å². The zero-order valence-corrected chi connectivity index (χ0v) is 32.7. The van der Waals surface area contributed by atoms with Crippen LogP contribution in [-0.4, -0.2) is 102 Å². The Bertz CT molecular complexity index is 1390.